The minimum Gasteiger partial charge on any atom is -0.497 e. The second-order valence-electron chi connectivity index (χ2n) is 4.14. The number of carbonyl (C=O) groups is 1. The van der Waals surface area contributed by atoms with Gasteiger partial charge in [-0.15, -0.1) is 0 Å². The van der Waals surface area contributed by atoms with Crippen molar-refractivity contribution >= 4 is 12.0 Å². The summed E-state index contributed by atoms with van der Waals surface area (Å²) >= 11 is 0. The van der Waals surface area contributed by atoms with Gasteiger partial charge < -0.3 is 15.0 Å². The lowest BCUT2D eigenvalue weighted by atomic mass is 10.2. The maximum absolute atomic E-state index is 10.7. The Morgan fingerprint density at radius 3 is 2.68 bits per heavy atom. The monoisotopic (exact) mass is 256 g/mol. The zero-order chi connectivity index (χ0) is 13.7. The number of benzene rings is 1. The molecule has 2 aromatic rings. The molecule has 2 rings (SSSR count). The average Bonchev–Trinajstić information content (AvgIpc) is 2.84. The number of amides is 1. The number of methoxy groups -OCH3 is 1. The molecule has 0 unspecified atom stereocenters. The third-order valence-electron chi connectivity index (χ3n) is 2.79. The molecule has 0 fully saturated rings. The molecule has 98 valence electrons. The SMILES string of the molecule is COc1ccc(Cn2cccc2/C=C/C(N)=O)cc1. The van der Waals surface area contributed by atoms with Gasteiger partial charge in [-0.05, 0) is 35.9 Å². The Morgan fingerprint density at radius 1 is 1.32 bits per heavy atom. The predicted molar refractivity (Wildman–Crippen MR) is 74.8 cm³/mol. The Labute approximate surface area is 112 Å². The van der Waals surface area contributed by atoms with Gasteiger partial charge in [-0.3, -0.25) is 4.79 Å². The predicted octanol–water partition coefficient (Wildman–Crippen LogP) is 2.04. The van der Waals surface area contributed by atoms with E-state index in [-0.39, 0.29) is 0 Å². The van der Waals surface area contributed by atoms with Crippen LogP contribution in [0.4, 0.5) is 0 Å². The van der Waals surface area contributed by atoms with Crippen LogP contribution >= 0.6 is 0 Å². The van der Waals surface area contributed by atoms with Gasteiger partial charge in [0.15, 0.2) is 0 Å². The number of nitrogens with two attached hydrogens (primary N) is 1. The molecule has 19 heavy (non-hydrogen) atoms. The molecule has 1 aromatic carbocycles. The van der Waals surface area contributed by atoms with Crippen molar-refractivity contribution in [3.63, 3.8) is 0 Å². The van der Waals surface area contributed by atoms with Gasteiger partial charge in [-0.2, -0.15) is 0 Å². The molecule has 0 aliphatic carbocycles. The molecule has 4 heteroatoms. The van der Waals surface area contributed by atoms with E-state index in [1.165, 1.54) is 6.08 Å². The van der Waals surface area contributed by atoms with E-state index in [1.807, 2.05) is 47.2 Å². The largest absolute Gasteiger partial charge is 0.497 e. The molecule has 0 saturated heterocycles. The van der Waals surface area contributed by atoms with Crippen LogP contribution in [0.5, 0.6) is 5.75 Å². The van der Waals surface area contributed by atoms with Crippen LogP contribution in [0.2, 0.25) is 0 Å². The maximum atomic E-state index is 10.7. The molecule has 4 nitrogen and oxygen atoms in total. The molecule has 1 amide bonds. The third kappa shape index (κ3) is 3.48. The summed E-state index contributed by atoms with van der Waals surface area (Å²) in [6, 6.07) is 11.8. The van der Waals surface area contributed by atoms with E-state index in [1.54, 1.807) is 13.2 Å². The van der Waals surface area contributed by atoms with Crippen LogP contribution in [-0.4, -0.2) is 17.6 Å². The fraction of sp³-hybridized carbons (Fsp3) is 0.133. The average molecular weight is 256 g/mol. The van der Waals surface area contributed by atoms with Crippen molar-refractivity contribution in [2.45, 2.75) is 6.54 Å². The zero-order valence-electron chi connectivity index (χ0n) is 10.7. The first-order chi connectivity index (χ1) is 9.19. The summed E-state index contributed by atoms with van der Waals surface area (Å²) in [5, 5.41) is 0. The Morgan fingerprint density at radius 2 is 2.05 bits per heavy atom. The summed E-state index contributed by atoms with van der Waals surface area (Å²) in [5.41, 5.74) is 7.19. The van der Waals surface area contributed by atoms with Crippen LogP contribution < -0.4 is 10.5 Å². The van der Waals surface area contributed by atoms with Crippen molar-refractivity contribution in [1.82, 2.24) is 4.57 Å². The molecular weight excluding hydrogens is 240 g/mol. The highest BCUT2D eigenvalue weighted by Gasteiger charge is 2.00. The first kappa shape index (κ1) is 13.0. The molecule has 1 heterocycles. The number of ether oxygens (including phenoxy) is 1. The lowest BCUT2D eigenvalue weighted by Crippen LogP contribution is -2.06. The molecule has 0 saturated carbocycles. The summed E-state index contributed by atoms with van der Waals surface area (Å²) in [4.78, 5) is 10.7. The quantitative estimate of drug-likeness (QED) is 0.832. The molecule has 0 aliphatic heterocycles. The molecule has 0 spiro atoms. The number of nitrogens with zero attached hydrogens (tertiary/aromatic N) is 1. The summed E-state index contributed by atoms with van der Waals surface area (Å²) in [5.74, 6) is 0.391. The van der Waals surface area contributed by atoms with Crippen molar-refractivity contribution < 1.29 is 9.53 Å². The number of aromatic nitrogens is 1. The summed E-state index contributed by atoms with van der Waals surface area (Å²) in [6.45, 7) is 0.732. The minimum absolute atomic E-state index is 0.447. The van der Waals surface area contributed by atoms with Gasteiger partial charge in [0.05, 0.1) is 7.11 Å². The lowest BCUT2D eigenvalue weighted by Gasteiger charge is -2.07. The molecular formula is C15H16N2O2. The second kappa shape index (κ2) is 5.91. The Bertz CT molecular complexity index is 582. The number of hydrogen-bond acceptors (Lipinski definition) is 2. The van der Waals surface area contributed by atoms with Crippen LogP contribution in [0.15, 0.2) is 48.7 Å². The number of carbonyl (C=O) groups excluding carboxylic acids is 1. The highest BCUT2D eigenvalue weighted by atomic mass is 16.5. The zero-order valence-corrected chi connectivity index (χ0v) is 10.7. The first-order valence-corrected chi connectivity index (χ1v) is 5.94. The fourth-order valence-electron chi connectivity index (χ4n) is 1.82. The smallest absolute Gasteiger partial charge is 0.241 e. The third-order valence-corrected chi connectivity index (χ3v) is 2.79. The number of rotatable bonds is 5. The standard InChI is InChI=1S/C15H16N2O2/c1-19-14-7-4-12(5-8-14)11-17-10-2-3-13(17)6-9-15(16)18/h2-10H,11H2,1H3,(H2,16,18)/b9-6+. The van der Waals surface area contributed by atoms with E-state index < -0.39 is 5.91 Å². The Kier molecular flexibility index (Phi) is 4.03. The van der Waals surface area contributed by atoms with E-state index in [2.05, 4.69) is 0 Å². The second-order valence-corrected chi connectivity index (χ2v) is 4.14. The molecule has 0 aliphatic rings. The van der Waals surface area contributed by atoms with Crippen LogP contribution in [0.25, 0.3) is 6.08 Å². The van der Waals surface area contributed by atoms with Gasteiger partial charge in [0.25, 0.3) is 0 Å². The Hall–Kier alpha value is -2.49. The van der Waals surface area contributed by atoms with Gasteiger partial charge in [-0.1, -0.05) is 12.1 Å². The van der Waals surface area contributed by atoms with Crippen molar-refractivity contribution in [2.24, 2.45) is 5.73 Å². The van der Waals surface area contributed by atoms with Gasteiger partial charge in [0.2, 0.25) is 5.91 Å². The van der Waals surface area contributed by atoms with Gasteiger partial charge in [-0.25, -0.2) is 0 Å². The molecule has 1 aromatic heterocycles. The topological polar surface area (TPSA) is 57.2 Å². The highest BCUT2D eigenvalue weighted by Crippen LogP contribution is 2.14. The van der Waals surface area contributed by atoms with Gasteiger partial charge >= 0.3 is 0 Å². The molecule has 0 atom stereocenters. The highest BCUT2D eigenvalue weighted by molar-refractivity contribution is 5.90. The minimum atomic E-state index is -0.447. The lowest BCUT2D eigenvalue weighted by molar-refractivity contribution is -0.113. The van der Waals surface area contributed by atoms with Gasteiger partial charge in [0, 0.05) is 24.5 Å². The molecule has 0 bridgehead atoms. The van der Waals surface area contributed by atoms with Crippen molar-refractivity contribution in [3.05, 3.63) is 59.9 Å². The van der Waals surface area contributed by atoms with E-state index in [9.17, 15) is 4.79 Å². The van der Waals surface area contributed by atoms with E-state index in [0.29, 0.717) is 0 Å². The van der Waals surface area contributed by atoms with Crippen LogP contribution in [-0.2, 0) is 11.3 Å². The van der Waals surface area contributed by atoms with Crippen molar-refractivity contribution in [3.8, 4) is 5.75 Å². The fourth-order valence-corrected chi connectivity index (χ4v) is 1.82. The van der Waals surface area contributed by atoms with E-state index in [4.69, 9.17) is 10.5 Å². The summed E-state index contributed by atoms with van der Waals surface area (Å²) in [6.07, 6.45) is 5.04. The normalized spacial score (nSPS) is 10.8. The number of primary amides is 1. The van der Waals surface area contributed by atoms with Crippen LogP contribution in [0, 0.1) is 0 Å². The van der Waals surface area contributed by atoms with E-state index in [0.717, 1.165) is 23.6 Å². The Balaban J connectivity index is 2.14. The van der Waals surface area contributed by atoms with Crippen LogP contribution in [0.3, 0.4) is 0 Å². The van der Waals surface area contributed by atoms with E-state index >= 15 is 0 Å². The van der Waals surface area contributed by atoms with Crippen LogP contribution in [0.1, 0.15) is 11.3 Å². The van der Waals surface area contributed by atoms with Crippen molar-refractivity contribution in [1.29, 1.82) is 0 Å². The number of hydrogen-bond donors (Lipinski definition) is 1. The molecule has 0 radical (unpaired) electrons. The summed E-state index contributed by atoms with van der Waals surface area (Å²) < 4.78 is 7.17. The van der Waals surface area contributed by atoms with Crippen molar-refractivity contribution in [2.75, 3.05) is 7.11 Å². The van der Waals surface area contributed by atoms with Gasteiger partial charge in [0.1, 0.15) is 5.75 Å². The summed E-state index contributed by atoms with van der Waals surface area (Å²) in [7, 11) is 1.65. The first-order valence-electron chi connectivity index (χ1n) is 5.94. The maximum Gasteiger partial charge on any atom is 0.241 e. The molecule has 2 N–H and O–H groups in total.